The minimum Gasteiger partial charge on any atom is -0.657 e. The van der Waals surface area contributed by atoms with E-state index in [2.05, 4.69) is 128 Å². The van der Waals surface area contributed by atoms with Crippen LogP contribution < -0.4 is 25.0 Å². The summed E-state index contributed by atoms with van der Waals surface area (Å²) in [6.45, 7) is 19.8. The van der Waals surface area contributed by atoms with E-state index in [1.807, 2.05) is 51.2 Å². The number of nitrogens with zero attached hydrogens (tertiary/aromatic N) is 6. The third-order valence-corrected chi connectivity index (χ3v) is 10.7. The van der Waals surface area contributed by atoms with Gasteiger partial charge < -0.3 is 25.0 Å². The number of alkyl halides is 3. The Morgan fingerprint density at radius 2 is 1.47 bits per heavy atom. The summed E-state index contributed by atoms with van der Waals surface area (Å²) < 4.78 is 37.8. The van der Waals surface area contributed by atoms with Crippen molar-refractivity contribution in [2.45, 2.75) is 72.4 Å². The van der Waals surface area contributed by atoms with Gasteiger partial charge >= 0.3 is 27.2 Å². The number of hydrogen-bond acceptors (Lipinski definition) is 6. The smallest absolute Gasteiger partial charge is 0.657 e. The zero-order valence-corrected chi connectivity index (χ0v) is 37.6. The first-order chi connectivity index (χ1) is 28.1. The summed E-state index contributed by atoms with van der Waals surface area (Å²) in [4.78, 5) is 19.8. The molecule has 0 aliphatic carbocycles. The van der Waals surface area contributed by atoms with E-state index in [-0.39, 0.29) is 21.1 Å². The first-order valence-corrected chi connectivity index (χ1v) is 19.9. The molecule has 0 atom stereocenters. The van der Waals surface area contributed by atoms with Crippen LogP contribution in [0.1, 0.15) is 87.2 Å². The molecule has 312 valence electrons. The maximum atomic E-state index is 12.6. The SMILES string of the molecule is Cc1ncccc1N(C)[CH-]Nc1[c-]c(N2[CH-]N(C)c3cccnc32)cc(-c2c(C(C)C)cc(C(C)C)cc2C(C)C)c1.FC(F)(F)c1ccc2[n-]c3ccccc3c2c1.[Pt+4]. The number of halogens is 3. The summed E-state index contributed by atoms with van der Waals surface area (Å²) in [5.41, 5.74) is 12.2. The van der Waals surface area contributed by atoms with Gasteiger partial charge in [-0.3, -0.25) is 4.98 Å². The normalized spacial score (nSPS) is 12.6. The number of fused-ring (bicyclic) bond motifs is 4. The predicted molar refractivity (Wildman–Crippen MR) is 237 cm³/mol. The Balaban J connectivity index is 0.000000278. The van der Waals surface area contributed by atoms with Crippen LogP contribution in [0.3, 0.4) is 0 Å². The van der Waals surface area contributed by atoms with Crippen LogP contribution >= 0.6 is 0 Å². The number of anilines is 5. The van der Waals surface area contributed by atoms with E-state index in [4.69, 9.17) is 4.98 Å². The molecule has 0 amide bonds. The van der Waals surface area contributed by atoms with Crippen molar-refractivity contribution >= 4 is 50.4 Å². The molecule has 60 heavy (non-hydrogen) atoms. The van der Waals surface area contributed by atoms with Gasteiger partial charge in [0.15, 0.2) is 0 Å². The van der Waals surface area contributed by atoms with Crippen LogP contribution in [0.4, 0.5) is 41.7 Å². The Bertz CT molecular complexity index is 2570. The van der Waals surface area contributed by atoms with E-state index in [0.717, 1.165) is 57.3 Å². The Hall–Kier alpha value is -5.34. The number of nitrogens with one attached hydrogen (secondary N) is 1. The molecule has 0 saturated carbocycles. The van der Waals surface area contributed by atoms with Crippen molar-refractivity contribution in [3.63, 3.8) is 0 Å². The second-order valence-corrected chi connectivity index (χ2v) is 16.0. The molecule has 0 radical (unpaired) electrons. The van der Waals surface area contributed by atoms with Crippen LogP contribution in [-0.4, -0.2) is 24.1 Å². The molecular formula is C49H50F3N7Pt. The van der Waals surface area contributed by atoms with Gasteiger partial charge in [-0.15, -0.1) is 46.2 Å². The summed E-state index contributed by atoms with van der Waals surface area (Å²) in [5.74, 6) is 2.11. The number of rotatable bonds is 9. The summed E-state index contributed by atoms with van der Waals surface area (Å²) >= 11 is 0. The third-order valence-electron chi connectivity index (χ3n) is 10.7. The first-order valence-electron chi connectivity index (χ1n) is 19.9. The molecule has 7 aromatic rings. The monoisotopic (exact) mass is 988 g/mol. The number of pyridine rings is 2. The quantitative estimate of drug-likeness (QED) is 0.145. The van der Waals surface area contributed by atoms with Gasteiger partial charge in [0.2, 0.25) is 0 Å². The fourth-order valence-corrected chi connectivity index (χ4v) is 7.55. The Labute approximate surface area is 366 Å². The van der Waals surface area contributed by atoms with Crippen molar-refractivity contribution in [3.8, 4) is 11.1 Å². The van der Waals surface area contributed by atoms with E-state index in [1.165, 1.54) is 33.9 Å². The molecule has 7 nitrogen and oxygen atoms in total. The van der Waals surface area contributed by atoms with E-state index < -0.39 is 11.7 Å². The number of aromatic nitrogens is 3. The average molecular weight is 989 g/mol. The van der Waals surface area contributed by atoms with Crippen LogP contribution in [0, 0.1) is 26.3 Å². The molecule has 4 aromatic carbocycles. The fraction of sp³-hybridized carbons (Fsp3) is 0.265. The largest absolute Gasteiger partial charge is 4.00 e. The molecule has 4 heterocycles. The van der Waals surface area contributed by atoms with E-state index in [1.54, 1.807) is 18.2 Å². The van der Waals surface area contributed by atoms with Crippen LogP contribution in [0.2, 0.25) is 0 Å². The van der Waals surface area contributed by atoms with Crippen molar-refractivity contribution in [1.29, 1.82) is 0 Å². The molecule has 8 rings (SSSR count). The van der Waals surface area contributed by atoms with Gasteiger partial charge in [0.1, 0.15) is 5.82 Å². The zero-order valence-electron chi connectivity index (χ0n) is 35.3. The van der Waals surface area contributed by atoms with Gasteiger partial charge in [0.25, 0.3) is 0 Å². The van der Waals surface area contributed by atoms with Gasteiger partial charge in [0.05, 0.1) is 11.3 Å². The Morgan fingerprint density at radius 1 is 0.800 bits per heavy atom. The minimum absolute atomic E-state index is 0. The minimum atomic E-state index is -4.31. The second-order valence-electron chi connectivity index (χ2n) is 16.0. The summed E-state index contributed by atoms with van der Waals surface area (Å²) in [6.07, 6.45) is -0.645. The van der Waals surface area contributed by atoms with E-state index in [0.29, 0.717) is 28.7 Å². The molecule has 0 bridgehead atoms. The fourth-order valence-electron chi connectivity index (χ4n) is 7.55. The number of aryl methyl sites for hydroxylation is 1. The van der Waals surface area contributed by atoms with E-state index >= 15 is 0 Å². The first kappa shape index (κ1) is 44.2. The van der Waals surface area contributed by atoms with Gasteiger partial charge in [0, 0.05) is 23.8 Å². The predicted octanol–water partition coefficient (Wildman–Crippen LogP) is 13.0. The molecule has 1 aliphatic rings. The number of para-hydroxylation sites is 1. The third kappa shape index (κ3) is 9.19. The molecule has 11 heteroatoms. The van der Waals surface area contributed by atoms with Crippen molar-refractivity contribution in [2.75, 3.05) is 34.1 Å². The topological polar surface area (TPSA) is 61.6 Å². The van der Waals surface area contributed by atoms with Gasteiger partial charge in [-0.2, -0.15) is 26.5 Å². The molecule has 0 spiro atoms. The summed E-state index contributed by atoms with van der Waals surface area (Å²) in [6, 6.07) is 31.9. The van der Waals surface area contributed by atoms with Gasteiger partial charge in [-0.25, -0.2) is 4.98 Å². The summed E-state index contributed by atoms with van der Waals surface area (Å²) in [5, 5.41) is 4.86. The molecule has 1 aliphatic heterocycles. The van der Waals surface area contributed by atoms with Crippen molar-refractivity contribution in [1.82, 2.24) is 15.0 Å². The van der Waals surface area contributed by atoms with Crippen LogP contribution in [0.25, 0.3) is 32.9 Å². The second kappa shape index (κ2) is 18.1. The van der Waals surface area contributed by atoms with Gasteiger partial charge in [-0.1, -0.05) is 90.1 Å². The maximum Gasteiger partial charge on any atom is 4.00 e. The number of hydrogen-bond donors (Lipinski definition) is 1. The molecule has 0 unspecified atom stereocenters. The molecule has 3 aromatic heterocycles. The van der Waals surface area contributed by atoms with Crippen LogP contribution in [-0.2, 0) is 27.2 Å². The van der Waals surface area contributed by atoms with E-state index in [9.17, 15) is 13.2 Å². The molecule has 1 N–H and O–H groups in total. The molecule has 0 saturated heterocycles. The standard InChI is InChI=1S/C36H43N6.C13H7F3N.Pt/c1-23(2)27-18-31(24(3)4)35(32(19-27)25(5)6)28-16-29(39-21-40(8)33-12-10-14-37-26(33)7)20-30(17-28)42-22-41(9)34-13-11-15-38-36(34)42;14-13(15,16)8-5-6-12-10(7-8)9-3-1-2-4-11(9)17-12;/h10-19,21-25,39H,1-9H3;1-7H;/q-3;-1;+4. The zero-order chi connectivity index (χ0) is 42.2. The van der Waals surface area contributed by atoms with Gasteiger partial charge in [-0.05, 0) is 102 Å². The molecular weight excluding hydrogens is 939 g/mol. The van der Waals surface area contributed by atoms with Crippen molar-refractivity contribution < 1.29 is 34.2 Å². The van der Waals surface area contributed by atoms with Crippen molar-refractivity contribution in [2.24, 2.45) is 0 Å². The Kier molecular flexibility index (Phi) is 13.3. The van der Waals surface area contributed by atoms with Crippen LogP contribution in [0.15, 0.2) is 103 Å². The average Bonchev–Trinajstić information content (AvgIpc) is 3.76. The molecule has 0 fully saturated rings. The summed E-state index contributed by atoms with van der Waals surface area (Å²) in [7, 11) is 4.09. The van der Waals surface area contributed by atoms with Crippen molar-refractivity contribution in [3.05, 3.63) is 151 Å². The number of benzene rings is 4. The maximum absolute atomic E-state index is 12.6. The Morgan fingerprint density at radius 3 is 2.13 bits per heavy atom. The van der Waals surface area contributed by atoms with Crippen LogP contribution in [0.5, 0.6) is 0 Å².